The van der Waals surface area contributed by atoms with Crippen molar-refractivity contribution in [3.05, 3.63) is 119 Å². The average Bonchev–Trinajstić information content (AvgIpc) is 1.66. The number of hydrogen-bond donors (Lipinski definition) is 0. The molecule has 2 aliphatic rings. The van der Waals surface area contributed by atoms with E-state index in [0.717, 1.165) is 85.3 Å². The molecular formula is C80H121BrF2N12O14Si4. The van der Waals surface area contributed by atoms with Crippen molar-refractivity contribution in [1.82, 2.24) is 48.8 Å². The lowest BCUT2D eigenvalue weighted by atomic mass is 9.77. The van der Waals surface area contributed by atoms with E-state index < -0.39 is 43.5 Å². The van der Waals surface area contributed by atoms with Crippen LogP contribution in [0.5, 0.6) is 0 Å². The maximum Gasteiger partial charge on any atom is 0.338 e. The predicted molar refractivity (Wildman–Crippen MR) is 449 cm³/mol. The van der Waals surface area contributed by atoms with Crippen LogP contribution in [0.15, 0.2) is 96.3 Å². The Kier molecular flexibility index (Phi) is 33.6. The number of fused-ring (bicyclic) bond motifs is 2. The van der Waals surface area contributed by atoms with Crippen molar-refractivity contribution in [3.63, 3.8) is 0 Å². The largest absolute Gasteiger partial charge is 0.461 e. The van der Waals surface area contributed by atoms with E-state index in [1.165, 1.54) is 24.3 Å². The highest BCUT2D eigenvalue weighted by molar-refractivity contribution is 9.10. The molecule has 622 valence electrons. The van der Waals surface area contributed by atoms with Crippen LogP contribution < -0.4 is 9.80 Å². The van der Waals surface area contributed by atoms with E-state index >= 15 is 0 Å². The van der Waals surface area contributed by atoms with Crippen LogP contribution in [0.25, 0.3) is 44.9 Å². The number of ether oxygens (including phenoxy) is 12. The third-order valence-corrected chi connectivity index (χ3v) is 27.7. The third kappa shape index (κ3) is 26.2. The Morgan fingerprint density at radius 3 is 1.24 bits per heavy atom. The van der Waals surface area contributed by atoms with E-state index in [-0.39, 0.29) is 61.8 Å². The minimum Gasteiger partial charge on any atom is -0.461 e. The Labute approximate surface area is 677 Å². The smallest absolute Gasteiger partial charge is 0.338 e. The number of nitrogens with zero attached hydrogens (tertiary/aromatic N) is 12. The molecule has 2 fully saturated rings. The van der Waals surface area contributed by atoms with Gasteiger partial charge in [-0.1, -0.05) is 78.6 Å². The lowest BCUT2D eigenvalue weighted by Gasteiger charge is -2.38. The van der Waals surface area contributed by atoms with Crippen molar-refractivity contribution in [2.75, 3.05) is 144 Å². The topological polar surface area (TPSA) is 247 Å². The molecule has 10 rings (SSSR count). The van der Waals surface area contributed by atoms with Crippen molar-refractivity contribution in [3.8, 4) is 33.6 Å². The van der Waals surface area contributed by atoms with Gasteiger partial charge in [0.15, 0.2) is 28.3 Å². The van der Waals surface area contributed by atoms with Gasteiger partial charge >= 0.3 is 11.9 Å². The van der Waals surface area contributed by atoms with Gasteiger partial charge in [-0.05, 0) is 140 Å². The summed E-state index contributed by atoms with van der Waals surface area (Å²) in [5.74, 6) is 0.184. The van der Waals surface area contributed by atoms with Gasteiger partial charge in [-0.2, -0.15) is 29.4 Å². The van der Waals surface area contributed by atoms with Crippen molar-refractivity contribution in [1.29, 1.82) is 0 Å². The minimum atomic E-state index is -1.34. The maximum atomic E-state index is 13.7. The summed E-state index contributed by atoms with van der Waals surface area (Å²) in [6.45, 7) is 34.1. The number of halogens is 3. The molecule has 0 aliphatic heterocycles. The summed E-state index contributed by atoms with van der Waals surface area (Å²) in [7, 11) is 1.06. The summed E-state index contributed by atoms with van der Waals surface area (Å²) < 4.78 is 105. The van der Waals surface area contributed by atoms with Gasteiger partial charge in [-0.25, -0.2) is 37.7 Å². The average molecular weight is 1710 g/mol. The number of hydrogen-bond acceptors (Lipinski definition) is 22. The highest BCUT2D eigenvalue weighted by Crippen LogP contribution is 2.46. The van der Waals surface area contributed by atoms with Gasteiger partial charge in [0.05, 0.1) is 86.0 Å². The fraction of sp³-hybridized carbons (Fsp3) is 0.600. The number of rotatable bonds is 44. The molecule has 2 saturated carbocycles. The minimum absolute atomic E-state index is 0.0248. The highest BCUT2D eigenvalue weighted by Gasteiger charge is 2.47. The molecule has 0 saturated heterocycles. The normalized spacial score (nSPS) is 17.7. The summed E-state index contributed by atoms with van der Waals surface area (Å²) in [6.07, 6.45) is 15.3. The van der Waals surface area contributed by atoms with Crippen molar-refractivity contribution >= 4 is 83.1 Å². The van der Waals surface area contributed by atoms with Gasteiger partial charge in [0.2, 0.25) is 0 Å². The first-order chi connectivity index (χ1) is 53.9. The molecule has 0 bridgehead atoms. The number of carbonyl (C=O) groups is 2. The monoisotopic (exact) mass is 1700 g/mol. The van der Waals surface area contributed by atoms with Crippen molar-refractivity contribution in [2.24, 2.45) is 0 Å². The van der Waals surface area contributed by atoms with Crippen LogP contribution in [0.4, 0.5) is 20.4 Å². The molecule has 6 heterocycles. The number of esters is 2. The Morgan fingerprint density at radius 1 is 0.469 bits per heavy atom. The number of methoxy groups -OCH3 is 4. The van der Waals surface area contributed by atoms with E-state index in [9.17, 15) is 18.4 Å². The second-order valence-electron chi connectivity index (χ2n) is 34.0. The van der Waals surface area contributed by atoms with Gasteiger partial charge < -0.3 is 66.6 Å². The summed E-state index contributed by atoms with van der Waals surface area (Å²) in [5.41, 5.74) is 5.53. The molecule has 33 heteroatoms. The van der Waals surface area contributed by atoms with Gasteiger partial charge in [0.1, 0.15) is 57.6 Å². The molecule has 0 amide bonds. The summed E-state index contributed by atoms with van der Waals surface area (Å²) >= 11 is 4.01. The highest BCUT2D eigenvalue weighted by atomic mass is 79.9. The number of carbonyl (C=O) groups excluding carboxylic acids is 2. The van der Waals surface area contributed by atoms with E-state index in [1.54, 1.807) is 80.7 Å². The van der Waals surface area contributed by atoms with Gasteiger partial charge in [-0.15, -0.1) is 0 Å². The fourth-order valence-electron chi connectivity index (χ4n) is 13.2. The fourth-order valence-corrected chi connectivity index (χ4v) is 17.0. The Morgan fingerprint density at radius 2 is 0.841 bits per heavy atom. The number of benzene rings is 2. The van der Waals surface area contributed by atoms with Crippen LogP contribution in [-0.4, -0.2) is 239 Å². The summed E-state index contributed by atoms with van der Waals surface area (Å²) in [6, 6.07) is 18.7. The molecular weight excluding hydrogens is 1580 g/mol. The molecule has 26 nitrogen and oxygen atoms in total. The zero-order valence-corrected chi connectivity index (χ0v) is 74.9. The van der Waals surface area contributed by atoms with E-state index in [4.69, 9.17) is 77.0 Å². The molecule has 8 aromatic rings. The summed E-state index contributed by atoms with van der Waals surface area (Å²) in [5, 5.41) is 19.0. The quantitative estimate of drug-likeness (QED) is 0.0149. The standard InChI is InChI=1S/C40H60BrFN6O7Si2.C40H61FN6O7Si2/c1-50-17-19-54-39(49)40(55-20-18-51-2)15-13-30(14-16-40)36-35(41)38(46(28-52-21-23-56(3,4)5)29-53-22-24-57(6,7)8)48-37(45-36)34(26-44-48)31-25-43-47(27-31)33-11-9-32(42)10-12-33;1-49-17-19-53-39(48)40(54-20-18-50-2)15-13-31(14-16-40)36-25-37(45(29-51-21-23-55(3,4)5)30-52-22-24-56(6,7)8)47-38(44-36)35(27-43-47)32-26-42-46(28-32)34-11-9-33(41)10-12-34/h9-12,25-27,30H,13-24,28-29H2,1-8H3;9-12,25-28,31H,13-24,29-30H2,1-8H3. The zero-order chi connectivity index (χ0) is 81.6. The third-order valence-electron chi connectivity index (χ3n) is 20.1. The van der Waals surface area contributed by atoms with Crippen molar-refractivity contribution in [2.45, 2.75) is 177 Å². The van der Waals surface area contributed by atoms with Gasteiger partial charge in [0.25, 0.3) is 0 Å². The lowest BCUT2D eigenvalue weighted by molar-refractivity contribution is -0.181. The van der Waals surface area contributed by atoms with E-state index in [2.05, 4.69) is 121 Å². The number of anilines is 2. The Balaban J connectivity index is 0.000000259. The predicted octanol–water partition coefficient (Wildman–Crippen LogP) is 15.6. The molecule has 113 heavy (non-hydrogen) atoms. The SMILES string of the molecule is COCCOC(=O)C1(OCCOC)CCC(c2cc(N(COCC[Si](C)(C)C)COCC[Si](C)(C)C)n3ncc(-c4cnn(-c5ccc(F)cc5)c4)c3n2)CC1.COCCOC(=O)C1(OCCOC)CCC(c2nc3c(-c4cnn(-c5ccc(F)cc5)c4)cnn3c(N(COCC[Si](C)(C)C)COCC[Si](C)(C)C)c2Br)CC1. The molecule has 2 aromatic carbocycles. The van der Waals surface area contributed by atoms with Crippen LogP contribution in [0.1, 0.15) is 74.6 Å². The van der Waals surface area contributed by atoms with E-state index in [1.807, 2.05) is 27.6 Å². The van der Waals surface area contributed by atoms with Gasteiger partial charge in [-0.3, -0.25) is 0 Å². The van der Waals surface area contributed by atoms with Crippen LogP contribution in [-0.2, 0) is 66.4 Å². The Bertz CT molecular complexity index is 4220. The molecule has 0 unspecified atom stereocenters. The number of aromatic nitrogens is 10. The second-order valence-corrected chi connectivity index (χ2v) is 57.3. The maximum absolute atomic E-state index is 13.7. The van der Waals surface area contributed by atoms with Crippen LogP contribution in [0.3, 0.4) is 0 Å². The Hall–Kier alpha value is -6.55. The van der Waals surface area contributed by atoms with Gasteiger partial charge in [0, 0.05) is 145 Å². The molecule has 2 aliphatic carbocycles. The molecule has 0 radical (unpaired) electrons. The lowest BCUT2D eigenvalue weighted by Crippen LogP contribution is -2.46. The molecule has 6 aromatic heterocycles. The first-order valence-corrected chi connectivity index (χ1v) is 55.0. The summed E-state index contributed by atoms with van der Waals surface area (Å²) in [4.78, 5) is 41.8. The van der Waals surface area contributed by atoms with Crippen LogP contribution in [0.2, 0.25) is 103 Å². The van der Waals surface area contributed by atoms with Crippen LogP contribution in [0, 0.1) is 11.6 Å². The molecule has 0 atom stereocenters. The first-order valence-electron chi connectivity index (χ1n) is 39.3. The van der Waals surface area contributed by atoms with Crippen molar-refractivity contribution < 1.29 is 75.2 Å². The molecule has 0 N–H and O–H groups in total. The first kappa shape index (κ1) is 90.4. The van der Waals surface area contributed by atoms with E-state index in [0.29, 0.717) is 142 Å². The van der Waals surface area contributed by atoms with Crippen LogP contribution >= 0.6 is 15.9 Å². The zero-order valence-electron chi connectivity index (χ0n) is 69.3. The molecule has 0 spiro atoms. The second kappa shape index (κ2) is 42.0.